The van der Waals surface area contributed by atoms with Gasteiger partial charge in [-0.3, -0.25) is 14.5 Å². The molecule has 3 unspecified atom stereocenters. The minimum atomic E-state index is -0.600. The van der Waals surface area contributed by atoms with E-state index in [-0.39, 0.29) is 46.6 Å². The SMILES string of the molecule is CC1CCC(C(C)(C)c2ccccc2)C(OC(=O)N2CC(=O)C3=C(C2)NC2=C(C(=O)CCC2)[C@H]3c2ccc(F)c(Br)c2)C1. The second kappa shape index (κ2) is 11.7. The van der Waals surface area contributed by atoms with Crippen LogP contribution in [-0.2, 0) is 19.7 Å². The highest BCUT2D eigenvalue weighted by molar-refractivity contribution is 9.10. The highest BCUT2D eigenvalue weighted by Gasteiger charge is 2.45. The average molecular weight is 650 g/mol. The molecule has 2 aromatic rings. The molecular formula is C35H38BrFN2O4. The summed E-state index contributed by atoms with van der Waals surface area (Å²) >= 11 is 3.27. The van der Waals surface area contributed by atoms with E-state index in [0.717, 1.165) is 25.0 Å². The summed E-state index contributed by atoms with van der Waals surface area (Å²) in [6, 6.07) is 15.0. The van der Waals surface area contributed by atoms with Crippen LogP contribution < -0.4 is 5.32 Å². The lowest BCUT2D eigenvalue weighted by Crippen LogP contribution is -2.50. The Hall–Kier alpha value is -3.26. The van der Waals surface area contributed by atoms with Crippen molar-refractivity contribution in [1.82, 2.24) is 10.2 Å². The summed E-state index contributed by atoms with van der Waals surface area (Å²) in [5.74, 6) is -0.677. The molecule has 4 atom stereocenters. The lowest BCUT2D eigenvalue weighted by Gasteiger charge is -2.45. The number of rotatable bonds is 4. The number of ether oxygens (including phenoxy) is 1. The van der Waals surface area contributed by atoms with Crippen molar-refractivity contribution in [3.05, 3.63) is 92.5 Å². The summed E-state index contributed by atoms with van der Waals surface area (Å²) < 4.78 is 20.7. The number of carbonyl (C=O) groups excluding carboxylic acids is 3. The van der Waals surface area contributed by atoms with Crippen LogP contribution in [0.2, 0.25) is 0 Å². The van der Waals surface area contributed by atoms with Crippen molar-refractivity contribution in [3.8, 4) is 0 Å². The van der Waals surface area contributed by atoms with Crippen molar-refractivity contribution in [2.75, 3.05) is 13.1 Å². The summed E-state index contributed by atoms with van der Waals surface area (Å²) in [5, 5.41) is 3.38. The predicted octanol–water partition coefficient (Wildman–Crippen LogP) is 7.34. The molecule has 2 aliphatic carbocycles. The summed E-state index contributed by atoms with van der Waals surface area (Å²) in [5.41, 5.74) is 4.16. The molecule has 0 radical (unpaired) electrons. The molecule has 8 heteroatoms. The number of ketones is 2. The first-order valence-corrected chi connectivity index (χ1v) is 16.1. The molecular weight excluding hydrogens is 611 g/mol. The van der Waals surface area contributed by atoms with Gasteiger partial charge in [-0.1, -0.05) is 63.6 Å². The second-order valence-electron chi connectivity index (χ2n) is 13.1. The molecule has 2 aromatic carbocycles. The van der Waals surface area contributed by atoms with Gasteiger partial charge in [0.2, 0.25) is 0 Å². The van der Waals surface area contributed by atoms with E-state index < -0.39 is 17.8 Å². The van der Waals surface area contributed by atoms with Crippen LogP contribution in [0.25, 0.3) is 0 Å². The summed E-state index contributed by atoms with van der Waals surface area (Å²) in [4.78, 5) is 42.3. The van der Waals surface area contributed by atoms with Crippen LogP contribution in [0.5, 0.6) is 0 Å². The number of nitrogens with one attached hydrogen (secondary N) is 1. The maximum absolute atomic E-state index is 14.2. The molecule has 0 aromatic heterocycles. The van der Waals surface area contributed by atoms with Crippen LogP contribution in [0.4, 0.5) is 9.18 Å². The van der Waals surface area contributed by atoms with Gasteiger partial charge in [0, 0.05) is 40.8 Å². The van der Waals surface area contributed by atoms with Gasteiger partial charge in [-0.2, -0.15) is 0 Å². The third kappa shape index (κ3) is 5.59. The minimum Gasteiger partial charge on any atom is -0.446 e. The highest BCUT2D eigenvalue weighted by atomic mass is 79.9. The van der Waals surface area contributed by atoms with Gasteiger partial charge in [-0.25, -0.2) is 9.18 Å². The Morgan fingerprint density at radius 2 is 1.74 bits per heavy atom. The molecule has 4 aliphatic rings. The van der Waals surface area contributed by atoms with Crippen molar-refractivity contribution < 1.29 is 23.5 Å². The lowest BCUT2D eigenvalue weighted by atomic mass is 9.64. The fourth-order valence-corrected chi connectivity index (χ4v) is 7.98. The van der Waals surface area contributed by atoms with Crippen LogP contribution in [0.15, 0.2) is 75.5 Å². The lowest BCUT2D eigenvalue weighted by molar-refractivity contribution is -0.118. The van der Waals surface area contributed by atoms with Gasteiger partial charge in [0.15, 0.2) is 11.6 Å². The van der Waals surface area contributed by atoms with Crippen molar-refractivity contribution in [2.24, 2.45) is 11.8 Å². The number of amides is 1. The molecule has 226 valence electrons. The average Bonchev–Trinajstić information content (AvgIpc) is 2.98. The van der Waals surface area contributed by atoms with E-state index in [9.17, 15) is 18.8 Å². The van der Waals surface area contributed by atoms with Gasteiger partial charge in [0.25, 0.3) is 0 Å². The van der Waals surface area contributed by atoms with E-state index in [2.05, 4.69) is 54.2 Å². The summed E-state index contributed by atoms with van der Waals surface area (Å²) in [7, 11) is 0. The smallest absolute Gasteiger partial charge is 0.410 e. The number of allylic oxidation sites excluding steroid dienone is 2. The molecule has 1 saturated carbocycles. The van der Waals surface area contributed by atoms with E-state index in [1.54, 1.807) is 12.1 Å². The van der Waals surface area contributed by atoms with E-state index in [1.807, 2.05) is 18.2 Å². The normalized spacial score (nSPS) is 26.1. The van der Waals surface area contributed by atoms with Gasteiger partial charge < -0.3 is 10.1 Å². The first-order chi connectivity index (χ1) is 20.5. The number of halogens is 2. The van der Waals surface area contributed by atoms with Gasteiger partial charge in [0.1, 0.15) is 11.9 Å². The fourth-order valence-electron chi connectivity index (χ4n) is 7.58. The van der Waals surface area contributed by atoms with Gasteiger partial charge in [-0.05, 0) is 76.2 Å². The van der Waals surface area contributed by atoms with Crippen LogP contribution in [-0.4, -0.2) is 41.8 Å². The molecule has 1 fully saturated rings. The first kappa shape index (κ1) is 29.8. The maximum Gasteiger partial charge on any atom is 0.410 e. The van der Waals surface area contributed by atoms with E-state index >= 15 is 0 Å². The Balaban J connectivity index is 1.28. The maximum atomic E-state index is 14.2. The zero-order valence-corrected chi connectivity index (χ0v) is 26.5. The number of benzene rings is 2. The molecule has 6 rings (SSSR count). The third-order valence-corrected chi connectivity index (χ3v) is 10.5. The van der Waals surface area contributed by atoms with Crippen LogP contribution in [0, 0.1) is 17.7 Å². The van der Waals surface area contributed by atoms with E-state index in [4.69, 9.17) is 4.74 Å². The minimum absolute atomic E-state index is 0.00104. The Labute approximate surface area is 260 Å². The van der Waals surface area contributed by atoms with E-state index in [1.165, 1.54) is 16.5 Å². The van der Waals surface area contributed by atoms with Gasteiger partial charge >= 0.3 is 6.09 Å². The van der Waals surface area contributed by atoms with Crippen LogP contribution >= 0.6 is 15.9 Å². The molecule has 43 heavy (non-hydrogen) atoms. The molecule has 0 spiro atoms. The fraction of sp³-hybridized carbons (Fsp3) is 0.457. The molecule has 1 N–H and O–H groups in total. The summed E-state index contributed by atoms with van der Waals surface area (Å²) in [6.45, 7) is 6.69. The molecule has 0 bridgehead atoms. The monoisotopic (exact) mass is 648 g/mol. The molecule has 2 heterocycles. The number of dihydropyridines is 1. The predicted molar refractivity (Wildman–Crippen MR) is 166 cm³/mol. The summed E-state index contributed by atoms with van der Waals surface area (Å²) in [6.07, 6.45) is 3.85. The zero-order chi connectivity index (χ0) is 30.5. The molecule has 6 nitrogen and oxygen atoms in total. The van der Waals surface area contributed by atoms with Crippen LogP contribution in [0.1, 0.15) is 76.3 Å². The standard InChI is InChI=1S/C35H38BrFN2O4/c1-20-12-14-23(35(2,3)22-8-5-4-6-9-22)30(16-20)43-34(42)39-18-27-33(29(41)19-39)31(21-13-15-25(37)24(36)17-21)32-26(38-27)10-7-11-28(32)40/h4-6,8-9,13,15,17,20,23,30-31,38H,7,10-12,14,16,18-19H2,1-3H3/t20?,23?,30?,31-/m1/s1. The van der Waals surface area contributed by atoms with E-state index in [0.29, 0.717) is 47.6 Å². The highest BCUT2D eigenvalue weighted by Crippen LogP contribution is 2.46. The number of hydrogen-bond donors (Lipinski definition) is 1. The Bertz CT molecular complexity index is 1530. The van der Waals surface area contributed by atoms with Crippen molar-refractivity contribution in [3.63, 3.8) is 0 Å². The first-order valence-electron chi connectivity index (χ1n) is 15.3. The van der Waals surface area contributed by atoms with Gasteiger partial charge in [-0.15, -0.1) is 0 Å². The zero-order valence-electron chi connectivity index (χ0n) is 24.9. The van der Waals surface area contributed by atoms with Crippen LogP contribution in [0.3, 0.4) is 0 Å². The largest absolute Gasteiger partial charge is 0.446 e. The quantitative estimate of drug-likeness (QED) is 0.375. The van der Waals surface area contributed by atoms with Crippen molar-refractivity contribution in [1.29, 1.82) is 0 Å². The number of nitrogens with zero attached hydrogens (tertiary/aromatic N) is 1. The number of hydrogen-bond acceptors (Lipinski definition) is 5. The second-order valence-corrected chi connectivity index (χ2v) is 14.0. The molecule has 2 aliphatic heterocycles. The number of carbonyl (C=O) groups is 3. The van der Waals surface area contributed by atoms with Crippen molar-refractivity contribution in [2.45, 2.75) is 76.7 Å². The Kier molecular flexibility index (Phi) is 8.09. The van der Waals surface area contributed by atoms with Gasteiger partial charge in [0.05, 0.1) is 17.6 Å². The number of Topliss-reactive ketones (excluding diaryl/α,β-unsaturated/α-hetero) is 2. The Morgan fingerprint density at radius 3 is 2.49 bits per heavy atom. The van der Waals surface area contributed by atoms with Crippen molar-refractivity contribution >= 4 is 33.6 Å². The molecule has 1 amide bonds. The Morgan fingerprint density at radius 1 is 1.00 bits per heavy atom. The topological polar surface area (TPSA) is 75.7 Å². The molecule has 0 saturated heterocycles. The third-order valence-electron chi connectivity index (χ3n) is 9.93.